The van der Waals surface area contributed by atoms with Gasteiger partial charge < -0.3 is 10.2 Å². The van der Waals surface area contributed by atoms with Crippen molar-refractivity contribution in [2.75, 3.05) is 12.4 Å². The van der Waals surface area contributed by atoms with Crippen LogP contribution in [0.1, 0.15) is 18.0 Å². The van der Waals surface area contributed by atoms with E-state index < -0.39 is 5.92 Å². The monoisotopic (exact) mass is 372 g/mol. The number of halogens is 1. The van der Waals surface area contributed by atoms with Gasteiger partial charge in [-0.15, -0.1) is 0 Å². The SMILES string of the molecule is CN1C(=O)C[C@H](C(=O)Nc2ccccc2Br)[C@@H]1c1ccccc1. The van der Waals surface area contributed by atoms with E-state index in [1.54, 1.807) is 11.9 Å². The molecule has 118 valence electrons. The second-order valence-electron chi connectivity index (χ2n) is 5.64. The zero-order chi connectivity index (χ0) is 16.4. The van der Waals surface area contributed by atoms with E-state index in [1.165, 1.54) is 0 Å². The predicted octanol–water partition coefficient (Wildman–Crippen LogP) is 3.61. The molecule has 3 rings (SSSR count). The molecule has 4 nitrogen and oxygen atoms in total. The van der Waals surface area contributed by atoms with Gasteiger partial charge in [0, 0.05) is 17.9 Å². The summed E-state index contributed by atoms with van der Waals surface area (Å²) in [5.41, 5.74) is 1.69. The fraction of sp³-hybridized carbons (Fsp3) is 0.222. The molecule has 23 heavy (non-hydrogen) atoms. The van der Waals surface area contributed by atoms with Gasteiger partial charge in [0.2, 0.25) is 11.8 Å². The van der Waals surface area contributed by atoms with Crippen LogP contribution in [-0.2, 0) is 9.59 Å². The molecule has 1 fully saturated rings. The van der Waals surface area contributed by atoms with Crippen molar-refractivity contribution in [3.05, 3.63) is 64.6 Å². The maximum atomic E-state index is 12.7. The third kappa shape index (κ3) is 3.15. The Kier molecular flexibility index (Phi) is 4.48. The summed E-state index contributed by atoms with van der Waals surface area (Å²) in [6.45, 7) is 0. The number of hydrogen-bond acceptors (Lipinski definition) is 2. The van der Waals surface area contributed by atoms with Crippen LogP contribution in [0.2, 0.25) is 0 Å². The standard InChI is InChI=1S/C18H17BrN2O2/c1-21-16(22)11-13(17(21)12-7-3-2-4-8-12)18(23)20-15-10-6-5-9-14(15)19/h2-10,13,17H,11H2,1H3,(H,20,23)/t13-,17-/m0/s1. The average Bonchev–Trinajstić information content (AvgIpc) is 2.86. The van der Waals surface area contributed by atoms with Crippen LogP contribution in [0, 0.1) is 5.92 Å². The number of rotatable bonds is 3. The Labute approximate surface area is 143 Å². The summed E-state index contributed by atoms with van der Waals surface area (Å²) in [5.74, 6) is -0.545. The highest BCUT2D eigenvalue weighted by Crippen LogP contribution is 2.37. The molecule has 0 saturated carbocycles. The molecular weight excluding hydrogens is 356 g/mol. The first-order valence-electron chi connectivity index (χ1n) is 7.44. The lowest BCUT2D eigenvalue weighted by atomic mass is 9.93. The average molecular weight is 373 g/mol. The quantitative estimate of drug-likeness (QED) is 0.894. The van der Waals surface area contributed by atoms with Crippen molar-refractivity contribution >= 4 is 33.4 Å². The van der Waals surface area contributed by atoms with E-state index in [9.17, 15) is 9.59 Å². The van der Waals surface area contributed by atoms with Crippen molar-refractivity contribution in [2.45, 2.75) is 12.5 Å². The van der Waals surface area contributed by atoms with Crippen LogP contribution in [0.15, 0.2) is 59.1 Å². The molecule has 1 N–H and O–H groups in total. The second kappa shape index (κ2) is 6.54. The lowest BCUT2D eigenvalue weighted by Gasteiger charge is -2.25. The van der Waals surface area contributed by atoms with Crippen molar-refractivity contribution in [1.29, 1.82) is 0 Å². The Morgan fingerprint density at radius 3 is 2.48 bits per heavy atom. The molecule has 0 aromatic heterocycles. The van der Waals surface area contributed by atoms with Crippen LogP contribution in [0.4, 0.5) is 5.69 Å². The Morgan fingerprint density at radius 2 is 1.78 bits per heavy atom. The van der Waals surface area contributed by atoms with E-state index in [0.29, 0.717) is 5.69 Å². The molecule has 0 radical (unpaired) electrons. The maximum Gasteiger partial charge on any atom is 0.230 e. The number of benzene rings is 2. The highest BCUT2D eigenvalue weighted by molar-refractivity contribution is 9.10. The zero-order valence-electron chi connectivity index (χ0n) is 12.7. The van der Waals surface area contributed by atoms with Crippen molar-refractivity contribution < 1.29 is 9.59 Å². The molecule has 1 saturated heterocycles. The van der Waals surface area contributed by atoms with Crippen molar-refractivity contribution in [2.24, 2.45) is 5.92 Å². The smallest absolute Gasteiger partial charge is 0.230 e. The minimum atomic E-state index is -0.401. The number of anilines is 1. The molecular formula is C18H17BrN2O2. The van der Waals surface area contributed by atoms with Crippen LogP contribution >= 0.6 is 15.9 Å². The maximum absolute atomic E-state index is 12.7. The van der Waals surface area contributed by atoms with E-state index >= 15 is 0 Å². The first-order valence-corrected chi connectivity index (χ1v) is 8.23. The highest BCUT2D eigenvalue weighted by Gasteiger charge is 2.42. The third-order valence-electron chi connectivity index (χ3n) is 4.20. The lowest BCUT2D eigenvalue weighted by Crippen LogP contribution is -2.30. The molecule has 5 heteroatoms. The number of carbonyl (C=O) groups excluding carboxylic acids is 2. The Bertz CT molecular complexity index is 733. The molecule has 0 spiro atoms. The van der Waals surface area contributed by atoms with Gasteiger partial charge in [0.1, 0.15) is 0 Å². The number of para-hydroxylation sites is 1. The van der Waals surface area contributed by atoms with E-state index in [2.05, 4.69) is 21.2 Å². The third-order valence-corrected chi connectivity index (χ3v) is 4.89. The van der Waals surface area contributed by atoms with E-state index in [0.717, 1.165) is 10.0 Å². The lowest BCUT2D eigenvalue weighted by molar-refractivity contribution is -0.127. The summed E-state index contributed by atoms with van der Waals surface area (Å²) in [4.78, 5) is 26.5. The van der Waals surface area contributed by atoms with Crippen LogP contribution < -0.4 is 5.32 Å². The minimum Gasteiger partial charge on any atom is -0.338 e. The van der Waals surface area contributed by atoms with Gasteiger partial charge in [-0.25, -0.2) is 0 Å². The van der Waals surface area contributed by atoms with Crippen LogP contribution in [0.25, 0.3) is 0 Å². The summed E-state index contributed by atoms with van der Waals surface area (Å²) < 4.78 is 0.822. The van der Waals surface area contributed by atoms with Crippen LogP contribution in [0.3, 0.4) is 0 Å². The van der Waals surface area contributed by atoms with Gasteiger partial charge in [-0.1, -0.05) is 42.5 Å². The number of hydrogen-bond donors (Lipinski definition) is 1. The second-order valence-corrected chi connectivity index (χ2v) is 6.49. The predicted molar refractivity (Wildman–Crippen MR) is 92.8 cm³/mol. The van der Waals surface area contributed by atoms with E-state index in [-0.39, 0.29) is 24.3 Å². The molecule has 0 unspecified atom stereocenters. The first kappa shape index (κ1) is 15.7. The minimum absolute atomic E-state index is 0.00821. The summed E-state index contributed by atoms with van der Waals surface area (Å²) in [7, 11) is 1.76. The van der Waals surface area contributed by atoms with E-state index in [4.69, 9.17) is 0 Å². The molecule has 1 aliphatic heterocycles. The number of carbonyl (C=O) groups is 2. The summed E-state index contributed by atoms with van der Waals surface area (Å²) >= 11 is 3.43. The van der Waals surface area contributed by atoms with Crippen molar-refractivity contribution in [3.8, 4) is 0 Å². The fourth-order valence-corrected chi connectivity index (χ4v) is 3.38. The molecule has 0 bridgehead atoms. The molecule has 2 aromatic rings. The van der Waals surface area contributed by atoms with Crippen molar-refractivity contribution in [1.82, 2.24) is 4.90 Å². The largest absolute Gasteiger partial charge is 0.338 e. The van der Waals surface area contributed by atoms with Gasteiger partial charge in [0.15, 0.2) is 0 Å². The molecule has 2 atom stereocenters. The Morgan fingerprint density at radius 1 is 1.13 bits per heavy atom. The topological polar surface area (TPSA) is 49.4 Å². The van der Waals surface area contributed by atoms with Crippen LogP contribution in [0.5, 0.6) is 0 Å². The molecule has 0 aliphatic carbocycles. The van der Waals surface area contributed by atoms with Gasteiger partial charge in [0.05, 0.1) is 17.6 Å². The molecule has 1 aliphatic rings. The van der Waals surface area contributed by atoms with Gasteiger partial charge in [0.25, 0.3) is 0 Å². The van der Waals surface area contributed by atoms with Gasteiger partial charge in [-0.3, -0.25) is 9.59 Å². The number of nitrogens with one attached hydrogen (secondary N) is 1. The van der Waals surface area contributed by atoms with Crippen molar-refractivity contribution in [3.63, 3.8) is 0 Å². The Balaban J connectivity index is 1.86. The molecule has 2 amide bonds. The van der Waals surface area contributed by atoms with Gasteiger partial charge >= 0.3 is 0 Å². The summed E-state index contributed by atoms with van der Waals surface area (Å²) in [6.07, 6.45) is 0.229. The highest BCUT2D eigenvalue weighted by atomic mass is 79.9. The van der Waals surface area contributed by atoms with E-state index in [1.807, 2.05) is 54.6 Å². The van der Waals surface area contributed by atoms with Gasteiger partial charge in [-0.05, 0) is 33.6 Å². The Hall–Kier alpha value is -2.14. The number of likely N-dealkylation sites (tertiary alicyclic amines) is 1. The fourth-order valence-electron chi connectivity index (χ4n) is 3.00. The molecule has 1 heterocycles. The van der Waals surface area contributed by atoms with Gasteiger partial charge in [-0.2, -0.15) is 0 Å². The summed E-state index contributed by atoms with van der Waals surface area (Å²) in [6, 6.07) is 16.9. The number of nitrogens with zero attached hydrogens (tertiary/aromatic N) is 1. The first-order chi connectivity index (χ1) is 11.1. The normalized spacial score (nSPS) is 20.6. The van der Waals surface area contributed by atoms with Crippen LogP contribution in [-0.4, -0.2) is 23.8 Å². The molecule has 2 aromatic carbocycles. The summed E-state index contributed by atoms with van der Waals surface area (Å²) in [5, 5.41) is 2.93. The zero-order valence-corrected chi connectivity index (χ0v) is 14.3. The number of amides is 2.